The molecule has 0 saturated carbocycles. The minimum Gasteiger partial charge on any atom is -0.453 e. The van der Waals surface area contributed by atoms with Crippen LogP contribution in [-0.2, 0) is 15.1 Å². The second-order valence-corrected chi connectivity index (χ2v) is 5.04. The second-order valence-electron chi connectivity index (χ2n) is 4.59. The smallest absolute Gasteiger partial charge is 0.307 e. The lowest BCUT2D eigenvalue weighted by Gasteiger charge is -2.37. The predicted molar refractivity (Wildman–Crippen MR) is 74.8 cm³/mol. The van der Waals surface area contributed by atoms with Crippen molar-refractivity contribution >= 4 is 18.6 Å². The van der Waals surface area contributed by atoms with Crippen molar-refractivity contribution in [1.29, 1.82) is 0 Å². The Morgan fingerprint density at radius 1 is 1.39 bits per heavy atom. The first-order valence-corrected chi connectivity index (χ1v) is 6.99. The first kappa shape index (κ1) is 13.4. The van der Waals surface area contributed by atoms with E-state index in [0.717, 1.165) is 24.9 Å². The molecule has 1 aliphatic heterocycles. The molecule has 1 aromatic carbocycles. The van der Waals surface area contributed by atoms with E-state index in [1.807, 2.05) is 30.3 Å². The molecule has 1 aromatic rings. The Hall–Kier alpha value is -1.00. The number of thiol groups is 1. The third kappa shape index (κ3) is 3.06. The van der Waals surface area contributed by atoms with Crippen molar-refractivity contribution in [1.82, 2.24) is 5.32 Å². The van der Waals surface area contributed by atoms with Gasteiger partial charge < -0.3 is 10.1 Å². The molecule has 98 valence electrons. The number of carbonyl (C=O) groups excluding carboxylic acids is 1. The largest absolute Gasteiger partial charge is 0.453 e. The molecule has 1 unspecified atom stereocenters. The number of ether oxygens (including phenoxy) is 1. The number of esters is 1. The van der Waals surface area contributed by atoms with Gasteiger partial charge in [-0.3, -0.25) is 4.79 Å². The van der Waals surface area contributed by atoms with Gasteiger partial charge in [-0.25, -0.2) is 0 Å². The Morgan fingerprint density at radius 2 is 2.17 bits per heavy atom. The summed E-state index contributed by atoms with van der Waals surface area (Å²) < 4.78 is 5.76. The highest BCUT2D eigenvalue weighted by Crippen LogP contribution is 2.32. The van der Waals surface area contributed by atoms with Crippen molar-refractivity contribution in [2.24, 2.45) is 0 Å². The summed E-state index contributed by atoms with van der Waals surface area (Å²) >= 11 is 4.08. The highest BCUT2D eigenvalue weighted by atomic mass is 32.1. The van der Waals surface area contributed by atoms with E-state index in [-0.39, 0.29) is 5.97 Å². The SMILES string of the molecule is O=C(CCS)OC1(c2ccccc2)CCCNC1. The second kappa shape index (κ2) is 6.25. The maximum absolute atomic E-state index is 11.8. The van der Waals surface area contributed by atoms with Crippen LogP contribution in [0, 0.1) is 0 Å². The van der Waals surface area contributed by atoms with Gasteiger partial charge in [-0.05, 0) is 24.9 Å². The van der Waals surface area contributed by atoms with E-state index >= 15 is 0 Å². The van der Waals surface area contributed by atoms with E-state index in [9.17, 15) is 4.79 Å². The molecule has 0 aromatic heterocycles. The molecule has 1 N–H and O–H groups in total. The molecule has 1 aliphatic rings. The molecule has 1 heterocycles. The number of piperidine rings is 1. The van der Waals surface area contributed by atoms with Crippen LogP contribution in [0.15, 0.2) is 30.3 Å². The molecule has 18 heavy (non-hydrogen) atoms. The molecule has 2 rings (SSSR count). The summed E-state index contributed by atoms with van der Waals surface area (Å²) in [5.41, 5.74) is 0.573. The number of hydrogen-bond donors (Lipinski definition) is 2. The van der Waals surface area contributed by atoms with E-state index < -0.39 is 5.60 Å². The van der Waals surface area contributed by atoms with Crippen molar-refractivity contribution in [3.63, 3.8) is 0 Å². The van der Waals surface area contributed by atoms with Gasteiger partial charge >= 0.3 is 5.97 Å². The van der Waals surface area contributed by atoms with E-state index in [0.29, 0.717) is 18.7 Å². The lowest BCUT2D eigenvalue weighted by atomic mass is 9.86. The van der Waals surface area contributed by atoms with E-state index in [2.05, 4.69) is 17.9 Å². The van der Waals surface area contributed by atoms with Gasteiger partial charge in [-0.2, -0.15) is 12.6 Å². The number of benzene rings is 1. The van der Waals surface area contributed by atoms with Gasteiger partial charge in [0.2, 0.25) is 0 Å². The summed E-state index contributed by atoms with van der Waals surface area (Å²) in [5, 5.41) is 3.33. The van der Waals surface area contributed by atoms with Gasteiger partial charge in [-0.1, -0.05) is 30.3 Å². The van der Waals surface area contributed by atoms with Crippen LogP contribution < -0.4 is 5.32 Å². The third-order valence-electron chi connectivity index (χ3n) is 3.27. The zero-order chi connectivity index (χ0) is 12.8. The molecule has 1 atom stereocenters. The van der Waals surface area contributed by atoms with Crippen molar-refractivity contribution < 1.29 is 9.53 Å². The molecule has 1 saturated heterocycles. The number of hydrogen-bond acceptors (Lipinski definition) is 4. The van der Waals surface area contributed by atoms with Crippen molar-refractivity contribution in [3.05, 3.63) is 35.9 Å². The maximum atomic E-state index is 11.8. The fourth-order valence-electron chi connectivity index (χ4n) is 2.37. The predicted octanol–water partition coefficient (Wildman–Crippen LogP) is 2.13. The maximum Gasteiger partial charge on any atom is 0.307 e. The minimum absolute atomic E-state index is 0.169. The lowest BCUT2D eigenvalue weighted by Crippen LogP contribution is -2.46. The highest BCUT2D eigenvalue weighted by molar-refractivity contribution is 7.80. The number of rotatable bonds is 4. The van der Waals surface area contributed by atoms with Gasteiger partial charge in [-0.15, -0.1) is 0 Å². The topological polar surface area (TPSA) is 38.3 Å². The molecule has 1 fully saturated rings. The Balaban J connectivity index is 2.20. The van der Waals surface area contributed by atoms with E-state index in [4.69, 9.17) is 4.74 Å². The van der Waals surface area contributed by atoms with Crippen molar-refractivity contribution in [2.45, 2.75) is 24.9 Å². The van der Waals surface area contributed by atoms with Gasteiger partial charge in [0.05, 0.1) is 6.42 Å². The summed E-state index contributed by atoms with van der Waals surface area (Å²) in [6.07, 6.45) is 2.25. The van der Waals surface area contributed by atoms with Crippen LogP contribution in [0.5, 0.6) is 0 Å². The zero-order valence-electron chi connectivity index (χ0n) is 10.4. The summed E-state index contributed by atoms with van der Waals surface area (Å²) in [5.74, 6) is 0.356. The van der Waals surface area contributed by atoms with Gasteiger partial charge in [0, 0.05) is 12.3 Å². The highest BCUT2D eigenvalue weighted by Gasteiger charge is 2.37. The summed E-state index contributed by atoms with van der Waals surface area (Å²) in [7, 11) is 0. The monoisotopic (exact) mass is 265 g/mol. The molecule has 0 bridgehead atoms. The first-order chi connectivity index (χ1) is 8.77. The molecular formula is C14H19NO2S. The first-order valence-electron chi connectivity index (χ1n) is 6.36. The fraction of sp³-hybridized carbons (Fsp3) is 0.500. The quantitative estimate of drug-likeness (QED) is 0.647. The van der Waals surface area contributed by atoms with E-state index in [1.165, 1.54) is 0 Å². The molecule has 0 radical (unpaired) electrons. The summed E-state index contributed by atoms with van der Waals surface area (Å²) in [4.78, 5) is 11.8. The average Bonchev–Trinajstić information content (AvgIpc) is 2.41. The van der Waals surface area contributed by atoms with Gasteiger partial charge in [0.1, 0.15) is 5.60 Å². The summed E-state index contributed by atoms with van der Waals surface area (Å²) in [6, 6.07) is 10.0. The number of nitrogens with one attached hydrogen (secondary N) is 1. The molecule has 3 nitrogen and oxygen atoms in total. The number of carbonyl (C=O) groups is 1. The van der Waals surface area contributed by atoms with Crippen molar-refractivity contribution in [2.75, 3.05) is 18.8 Å². The zero-order valence-corrected chi connectivity index (χ0v) is 11.3. The Bertz CT molecular complexity index is 388. The fourth-order valence-corrected chi connectivity index (χ4v) is 2.55. The third-order valence-corrected chi connectivity index (χ3v) is 3.49. The van der Waals surface area contributed by atoms with Crippen LogP contribution in [0.2, 0.25) is 0 Å². The lowest BCUT2D eigenvalue weighted by molar-refractivity contribution is -0.162. The Labute approximate surface area is 113 Å². The molecule has 0 amide bonds. The van der Waals surface area contributed by atoms with Crippen molar-refractivity contribution in [3.8, 4) is 0 Å². The standard InChI is InChI=1S/C14H19NO2S/c16-13(7-10-18)17-14(8-4-9-15-11-14)12-5-2-1-3-6-12/h1-3,5-6,15,18H,4,7-11H2. The van der Waals surface area contributed by atoms with Crippen LogP contribution >= 0.6 is 12.6 Å². The average molecular weight is 265 g/mol. The van der Waals surface area contributed by atoms with Gasteiger partial charge in [0.15, 0.2) is 0 Å². The minimum atomic E-state index is -0.500. The van der Waals surface area contributed by atoms with Crippen LogP contribution in [-0.4, -0.2) is 24.8 Å². The molecule has 0 aliphatic carbocycles. The van der Waals surface area contributed by atoms with Gasteiger partial charge in [0.25, 0.3) is 0 Å². The Morgan fingerprint density at radius 3 is 2.78 bits per heavy atom. The van der Waals surface area contributed by atoms with Crippen LogP contribution in [0.1, 0.15) is 24.8 Å². The molecule has 0 spiro atoms. The normalized spacial score (nSPS) is 23.6. The van der Waals surface area contributed by atoms with E-state index in [1.54, 1.807) is 0 Å². The molecular weight excluding hydrogens is 246 g/mol. The summed E-state index contributed by atoms with van der Waals surface area (Å²) in [6.45, 7) is 1.67. The van der Waals surface area contributed by atoms with Crippen LogP contribution in [0.25, 0.3) is 0 Å². The van der Waals surface area contributed by atoms with Crippen LogP contribution in [0.4, 0.5) is 0 Å². The molecule has 4 heteroatoms. The van der Waals surface area contributed by atoms with Crippen LogP contribution in [0.3, 0.4) is 0 Å². The Kier molecular flexibility index (Phi) is 4.66.